The Morgan fingerprint density at radius 1 is 0.938 bits per heavy atom. The molecule has 0 radical (unpaired) electrons. The molecule has 0 heterocycles. The third kappa shape index (κ3) is 15.4. The Hall–Kier alpha value is -1.07. The Morgan fingerprint density at radius 3 is 1.44 bits per heavy atom. The van der Waals surface area contributed by atoms with Crippen LogP contribution in [0.25, 0.3) is 0 Å². The third-order valence-electron chi connectivity index (χ3n) is 1.28. The molecule has 1 aromatic carbocycles. The first-order valence-electron chi connectivity index (χ1n) is 3.65. The fourth-order valence-corrected chi connectivity index (χ4v) is 0.732. The van der Waals surface area contributed by atoms with E-state index in [0.717, 1.165) is 5.56 Å². The van der Waals surface area contributed by atoms with Gasteiger partial charge in [-0.15, -0.1) is 0 Å². The Kier molecular flexibility index (Phi) is 35.8. The van der Waals surface area contributed by atoms with Crippen LogP contribution >= 0.6 is 0 Å². The van der Waals surface area contributed by atoms with Gasteiger partial charge < -0.3 is 5.11 Å². The molecule has 0 aliphatic rings. The molecule has 1 atom stereocenters. The van der Waals surface area contributed by atoms with Crippen molar-refractivity contribution in [1.29, 1.82) is 0 Å². The van der Waals surface area contributed by atoms with Crippen molar-refractivity contribution in [2.75, 3.05) is 0 Å². The summed E-state index contributed by atoms with van der Waals surface area (Å²) in [6, 6.07) is 9.59. The van der Waals surface area contributed by atoms with E-state index in [1.807, 2.05) is 30.3 Å². The minimum Gasteiger partial charge on any atom is 0 e. The normalized spacial score (nSPS) is 7.75. The van der Waals surface area contributed by atoms with E-state index in [4.69, 9.17) is 19.1 Å². The second kappa shape index (κ2) is 23.6. The quantitative estimate of drug-likeness (QED) is 0.602. The summed E-state index contributed by atoms with van der Waals surface area (Å²) in [4.78, 5) is 0. The van der Waals surface area contributed by atoms with Crippen molar-refractivity contribution in [3.63, 3.8) is 0 Å². The number of hydrogen-bond donors (Lipinski definition) is 1. The maximum atomic E-state index is 9.02. The van der Waals surface area contributed by atoms with Gasteiger partial charge in [0.05, 0.1) is 6.10 Å². The molecular formula is C11H10CrO4. The van der Waals surface area contributed by atoms with Gasteiger partial charge >= 0.3 is 33.9 Å². The molecule has 4 nitrogen and oxygen atoms in total. The summed E-state index contributed by atoms with van der Waals surface area (Å²) in [5.74, 6) is 0. The first-order valence-corrected chi connectivity index (χ1v) is 3.65. The van der Waals surface area contributed by atoms with Crippen LogP contribution in [0.4, 0.5) is 0 Å². The van der Waals surface area contributed by atoms with Crippen LogP contribution in [0, 0.1) is 20.0 Å². The molecule has 1 N–H and O–H groups in total. The zero-order valence-electron chi connectivity index (χ0n) is 8.54. The molecule has 16 heavy (non-hydrogen) atoms. The molecule has 1 aromatic rings. The summed E-state index contributed by atoms with van der Waals surface area (Å²) >= 11 is 0. The number of benzene rings is 1. The van der Waals surface area contributed by atoms with Gasteiger partial charge in [0, 0.05) is 17.4 Å². The molecule has 0 saturated carbocycles. The van der Waals surface area contributed by atoms with Gasteiger partial charge in [0.25, 0.3) is 0 Å². The summed E-state index contributed by atoms with van der Waals surface area (Å²) in [5.41, 5.74) is 0.970. The summed E-state index contributed by atoms with van der Waals surface area (Å²) in [5, 5.41) is 9.02. The second-order valence-electron chi connectivity index (χ2n) is 2.09. The molecular weight excluding hydrogens is 248 g/mol. The molecule has 0 aromatic heterocycles. The SMILES string of the molecule is C[C@@H](O)c1ccccc1.[C-]#[O+].[C-]#[O+].[C-]#[O+].[Cr]. The van der Waals surface area contributed by atoms with Crippen LogP contribution in [0.1, 0.15) is 18.6 Å². The fraction of sp³-hybridized carbons (Fsp3) is 0.182. The third-order valence-corrected chi connectivity index (χ3v) is 1.28. The maximum absolute atomic E-state index is 9.02. The van der Waals surface area contributed by atoms with E-state index in [-0.39, 0.29) is 23.5 Å². The van der Waals surface area contributed by atoms with Gasteiger partial charge in [-0.25, -0.2) is 0 Å². The van der Waals surface area contributed by atoms with Crippen LogP contribution in [0.3, 0.4) is 0 Å². The standard InChI is InChI=1S/C8H10O.3CO.Cr/c1-7(9)8-5-3-2-4-6-8;3*1-2;/h2-7,9H,1H3;;;;/t7-;;;;/m1..../s1. The van der Waals surface area contributed by atoms with Crippen LogP contribution in [-0.2, 0) is 31.3 Å². The van der Waals surface area contributed by atoms with Gasteiger partial charge in [-0.2, -0.15) is 0 Å². The molecule has 0 aliphatic carbocycles. The fourth-order valence-electron chi connectivity index (χ4n) is 0.732. The molecule has 0 fully saturated rings. The van der Waals surface area contributed by atoms with Crippen molar-refractivity contribution < 1.29 is 36.4 Å². The molecule has 0 aliphatic heterocycles. The first kappa shape index (κ1) is 24.3. The van der Waals surface area contributed by atoms with Crippen molar-refractivity contribution in [3.05, 3.63) is 55.8 Å². The predicted octanol–water partition coefficient (Wildman–Crippen LogP) is 1.62. The number of hydrogen-bond acceptors (Lipinski definition) is 1. The second-order valence-corrected chi connectivity index (χ2v) is 2.09. The summed E-state index contributed by atoms with van der Waals surface area (Å²) in [6.45, 7) is 15.3. The molecule has 84 valence electrons. The van der Waals surface area contributed by atoms with Gasteiger partial charge in [0.2, 0.25) is 0 Å². The van der Waals surface area contributed by atoms with E-state index in [9.17, 15) is 0 Å². The average Bonchev–Trinajstić information content (AvgIpc) is 2.38. The van der Waals surface area contributed by atoms with Crippen molar-refractivity contribution in [2.24, 2.45) is 0 Å². The Bertz CT molecular complexity index is 263. The van der Waals surface area contributed by atoms with Crippen LogP contribution in [0.5, 0.6) is 0 Å². The van der Waals surface area contributed by atoms with Gasteiger partial charge in [-0.3, -0.25) is 0 Å². The monoisotopic (exact) mass is 258 g/mol. The smallest absolute Gasteiger partial charge is 0 e. The van der Waals surface area contributed by atoms with Crippen LogP contribution in [0.2, 0.25) is 0 Å². The van der Waals surface area contributed by atoms with Gasteiger partial charge in [0.1, 0.15) is 0 Å². The van der Waals surface area contributed by atoms with Crippen LogP contribution in [0.15, 0.2) is 30.3 Å². The van der Waals surface area contributed by atoms with E-state index in [0.29, 0.717) is 0 Å². The van der Waals surface area contributed by atoms with Crippen molar-refractivity contribution in [3.8, 4) is 0 Å². The van der Waals surface area contributed by atoms with E-state index in [1.165, 1.54) is 0 Å². The molecule has 0 bridgehead atoms. The van der Waals surface area contributed by atoms with E-state index < -0.39 is 0 Å². The van der Waals surface area contributed by atoms with E-state index >= 15 is 0 Å². The Balaban J connectivity index is -0.0000000900. The zero-order valence-corrected chi connectivity index (χ0v) is 9.82. The van der Waals surface area contributed by atoms with Crippen molar-refractivity contribution in [2.45, 2.75) is 13.0 Å². The number of aliphatic hydroxyl groups is 1. The number of aliphatic hydroxyl groups excluding tert-OH is 1. The Morgan fingerprint density at radius 2 is 1.25 bits per heavy atom. The summed E-state index contributed by atoms with van der Waals surface area (Å²) in [6.07, 6.45) is -0.341. The van der Waals surface area contributed by atoms with Gasteiger partial charge in [-0.1, -0.05) is 30.3 Å². The minimum absolute atomic E-state index is 0. The summed E-state index contributed by atoms with van der Waals surface area (Å²) < 4.78 is 22.5. The van der Waals surface area contributed by atoms with Crippen LogP contribution in [-0.4, -0.2) is 5.11 Å². The molecule has 0 amide bonds. The van der Waals surface area contributed by atoms with E-state index in [1.54, 1.807) is 6.92 Å². The Labute approximate surface area is 106 Å². The maximum Gasteiger partial charge on any atom is 0 e. The van der Waals surface area contributed by atoms with Gasteiger partial charge in [-0.05, 0) is 12.5 Å². The van der Waals surface area contributed by atoms with Gasteiger partial charge in [0.15, 0.2) is 0 Å². The average molecular weight is 258 g/mol. The van der Waals surface area contributed by atoms with Crippen LogP contribution < -0.4 is 0 Å². The molecule has 0 spiro atoms. The largest absolute Gasteiger partial charge is 0 e. The zero-order chi connectivity index (χ0) is 12.7. The first-order chi connectivity index (χ1) is 7.30. The molecule has 0 unspecified atom stereocenters. The van der Waals surface area contributed by atoms with E-state index in [2.05, 4.69) is 20.0 Å². The predicted molar refractivity (Wildman–Crippen MR) is 48.9 cm³/mol. The summed E-state index contributed by atoms with van der Waals surface area (Å²) in [7, 11) is 0. The number of rotatable bonds is 1. The topological polar surface area (TPSA) is 79.9 Å². The van der Waals surface area contributed by atoms with Crippen molar-refractivity contribution in [1.82, 2.24) is 0 Å². The minimum atomic E-state index is -0.341. The molecule has 0 saturated heterocycles. The van der Waals surface area contributed by atoms with Crippen molar-refractivity contribution >= 4 is 0 Å². The molecule has 5 heteroatoms. The molecule has 1 rings (SSSR count).